The fraction of sp³-hybridized carbons (Fsp3) is 0.462. The van der Waals surface area contributed by atoms with E-state index in [1.807, 2.05) is 24.7 Å². The third-order valence-electron chi connectivity index (χ3n) is 3.57. The largest absolute Gasteiger partial charge is 0.337 e. The fourth-order valence-electron chi connectivity index (χ4n) is 2.51. The molecule has 0 aliphatic carbocycles. The molecule has 0 radical (unpaired) electrons. The second-order valence-electron chi connectivity index (χ2n) is 5.03. The van der Waals surface area contributed by atoms with Gasteiger partial charge in [0.25, 0.3) is 5.56 Å². The van der Waals surface area contributed by atoms with Crippen molar-refractivity contribution in [1.29, 1.82) is 0 Å². The van der Waals surface area contributed by atoms with Gasteiger partial charge in [-0.3, -0.25) is 9.69 Å². The average Bonchev–Trinajstić information content (AvgIpc) is 2.76. The first-order valence-corrected chi connectivity index (χ1v) is 6.39. The molecule has 0 saturated heterocycles. The summed E-state index contributed by atoms with van der Waals surface area (Å²) in [5.74, 6) is 0.698. The number of hydrogen-bond acceptors (Lipinski definition) is 4. The van der Waals surface area contributed by atoms with Crippen molar-refractivity contribution in [3.05, 3.63) is 45.7 Å². The molecule has 1 aliphatic rings. The van der Waals surface area contributed by atoms with E-state index in [2.05, 4.69) is 19.9 Å². The van der Waals surface area contributed by atoms with Gasteiger partial charge >= 0.3 is 0 Å². The van der Waals surface area contributed by atoms with Crippen LogP contribution in [0.25, 0.3) is 0 Å². The number of fused-ring (bicyclic) bond motifs is 1. The Hall–Kier alpha value is -1.95. The molecule has 0 spiro atoms. The Morgan fingerprint density at radius 3 is 3.05 bits per heavy atom. The monoisotopic (exact) mass is 259 g/mol. The zero-order chi connectivity index (χ0) is 13.4. The van der Waals surface area contributed by atoms with Gasteiger partial charge in [-0.15, -0.1) is 0 Å². The highest BCUT2D eigenvalue weighted by atomic mass is 16.1. The minimum atomic E-state index is -0.00259. The molecule has 0 fully saturated rings. The lowest BCUT2D eigenvalue weighted by Crippen LogP contribution is -2.35. The zero-order valence-electron chi connectivity index (χ0n) is 11.2. The molecule has 1 aliphatic heterocycles. The molecular weight excluding hydrogens is 242 g/mol. The average molecular weight is 259 g/mol. The Kier molecular flexibility index (Phi) is 2.94. The third kappa shape index (κ3) is 2.31. The summed E-state index contributed by atoms with van der Waals surface area (Å²) in [6, 6.07) is 0. The molecule has 1 N–H and O–H groups in total. The fourth-order valence-corrected chi connectivity index (χ4v) is 2.51. The van der Waals surface area contributed by atoms with Crippen LogP contribution in [0.3, 0.4) is 0 Å². The lowest BCUT2D eigenvalue weighted by molar-refractivity contribution is 0.236. The van der Waals surface area contributed by atoms with Gasteiger partial charge < -0.3 is 9.55 Å². The van der Waals surface area contributed by atoms with Crippen molar-refractivity contribution in [3.8, 4) is 0 Å². The summed E-state index contributed by atoms with van der Waals surface area (Å²) in [7, 11) is 1.98. The molecule has 0 atom stereocenters. The second kappa shape index (κ2) is 4.62. The van der Waals surface area contributed by atoms with Gasteiger partial charge in [0.1, 0.15) is 5.82 Å². The summed E-state index contributed by atoms with van der Waals surface area (Å²) in [4.78, 5) is 25.5. The highest BCUT2D eigenvalue weighted by Gasteiger charge is 2.21. The van der Waals surface area contributed by atoms with Crippen molar-refractivity contribution in [3.63, 3.8) is 0 Å². The minimum absolute atomic E-state index is 0.00259. The number of rotatable bonds is 2. The van der Waals surface area contributed by atoms with Gasteiger partial charge in [0.15, 0.2) is 0 Å². The van der Waals surface area contributed by atoms with E-state index < -0.39 is 0 Å². The number of nitrogens with one attached hydrogen (secondary N) is 1. The van der Waals surface area contributed by atoms with E-state index in [0.717, 1.165) is 36.5 Å². The van der Waals surface area contributed by atoms with E-state index in [1.165, 1.54) is 0 Å². The summed E-state index contributed by atoms with van der Waals surface area (Å²) >= 11 is 0. The number of aryl methyl sites for hydroxylation is 2. The van der Waals surface area contributed by atoms with Crippen LogP contribution in [0, 0.1) is 6.92 Å². The topological polar surface area (TPSA) is 66.8 Å². The van der Waals surface area contributed by atoms with Crippen LogP contribution in [-0.4, -0.2) is 31.0 Å². The summed E-state index contributed by atoms with van der Waals surface area (Å²) in [5.41, 5.74) is 2.90. The van der Waals surface area contributed by atoms with Gasteiger partial charge in [-0.1, -0.05) is 0 Å². The van der Waals surface area contributed by atoms with Crippen molar-refractivity contribution in [2.75, 3.05) is 6.54 Å². The van der Waals surface area contributed by atoms with Crippen molar-refractivity contribution in [1.82, 2.24) is 24.4 Å². The second-order valence-corrected chi connectivity index (χ2v) is 5.03. The number of imidazole rings is 1. The van der Waals surface area contributed by atoms with Crippen LogP contribution in [0.2, 0.25) is 0 Å². The molecule has 19 heavy (non-hydrogen) atoms. The molecular formula is C13H17N5O. The molecule has 100 valence electrons. The standard InChI is InChI=1S/C13H17N5O/c1-9-15-12-3-4-18(7-11(12)13(19)16-9)6-10-5-14-8-17(10)2/h5,8H,3-4,6-7H2,1-2H3,(H,15,16,19). The highest BCUT2D eigenvalue weighted by molar-refractivity contribution is 5.20. The van der Waals surface area contributed by atoms with Crippen LogP contribution in [0.4, 0.5) is 0 Å². The quantitative estimate of drug-likeness (QED) is 0.846. The van der Waals surface area contributed by atoms with Crippen LogP contribution in [-0.2, 0) is 26.6 Å². The maximum atomic E-state index is 12.0. The Labute approximate surface area is 111 Å². The molecule has 2 aromatic rings. The molecule has 3 rings (SSSR count). The van der Waals surface area contributed by atoms with E-state index >= 15 is 0 Å². The number of H-pyrrole nitrogens is 1. The summed E-state index contributed by atoms with van der Waals surface area (Å²) in [6.07, 6.45) is 4.50. The van der Waals surface area contributed by atoms with Crippen molar-refractivity contribution in [2.24, 2.45) is 7.05 Å². The number of aromatic amines is 1. The number of aromatic nitrogens is 4. The minimum Gasteiger partial charge on any atom is -0.337 e. The third-order valence-corrected chi connectivity index (χ3v) is 3.57. The Bertz CT molecular complexity index is 657. The number of hydrogen-bond donors (Lipinski definition) is 1. The van der Waals surface area contributed by atoms with E-state index in [-0.39, 0.29) is 5.56 Å². The molecule has 0 aromatic carbocycles. The van der Waals surface area contributed by atoms with E-state index in [9.17, 15) is 4.79 Å². The van der Waals surface area contributed by atoms with Crippen LogP contribution in [0.1, 0.15) is 22.8 Å². The van der Waals surface area contributed by atoms with Gasteiger partial charge in [-0.05, 0) is 6.92 Å². The first-order chi connectivity index (χ1) is 9.13. The Morgan fingerprint density at radius 2 is 2.32 bits per heavy atom. The predicted octanol–water partition coefficient (Wildman–Crippen LogP) is 0.370. The Morgan fingerprint density at radius 1 is 1.47 bits per heavy atom. The van der Waals surface area contributed by atoms with E-state index in [1.54, 1.807) is 6.33 Å². The first-order valence-electron chi connectivity index (χ1n) is 6.39. The van der Waals surface area contributed by atoms with E-state index in [4.69, 9.17) is 0 Å². The smallest absolute Gasteiger partial charge is 0.255 e. The van der Waals surface area contributed by atoms with Crippen LogP contribution >= 0.6 is 0 Å². The molecule has 3 heterocycles. The van der Waals surface area contributed by atoms with E-state index in [0.29, 0.717) is 12.4 Å². The maximum Gasteiger partial charge on any atom is 0.255 e. The molecule has 6 nitrogen and oxygen atoms in total. The van der Waals surface area contributed by atoms with Gasteiger partial charge in [0, 0.05) is 39.3 Å². The lowest BCUT2D eigenvalue weighted by Gasteiger charge is -2.27. The summed E-state index contributed by atoms with van der Waals surface area (Å²) in [5, 5.41) is 0. The molecule has 0 amide bonds. The Balaban J connectivity index is 1.83. The van der Waals surface area contributed by atoms with Gasteiger partial charge in [0.2, 0.25) is 0 Å². The SMILES string of the molecule is Cc1nc2c(c(=O)[nH]1)CN(Cc1cncn1C)CC2. The highest BCUT2D eigenvalue weighted by Crippen LogP contribution is 2.15. The van der Waals surface area contributed by atoms with Crippen LogP contribution < -0.4 is 5.56 Å². The summed E-state index contributed by atoms with van der Waals surface area (Å²) < 4.78 is 2.01. The van der Waals surface area contributed by atoms with Crippen molar-refractivity contribution in [2.45, 2.75) is 26.4 Å². The van der Waals surface area contributed by atoms with Gasteiger partial charge in [0.05, 0.1) is 23.3 Å². The van der Waals surface area contributed by atoms with Gasteiger partial charge in [-0.2, -0.15) is 0 Å². The maximum absolute atomic E-state index is 12.0. The molecule has 2 aromatic heterocycles. The first kappa shape index (κ1) is 12.1. The molecule has 0 saturated carbocycles. The zero-order valence-corrected chi connectivity index (χ0v) is 11.2. The van der Waals surface area contributed by atoms with Crippen LogP contribution in [0.5, 0.6) is 0 Å². The lowest BCUT2D eigenvalue weighted by atomic mass is 10.1. The van der Waals surface area contributed by atoms with Crippen molar-refractivity contribution >= 4 is 0 Å². The molecule has 0 unspecified atom stereocenters. The normalized spacial score (nSPS) is 15.5. The predicted molar refractivity (Wildman–Crippen MR) is 70.6 cm³/mol. The summed E-state index contributed by atoms with van der Waals surface area (Å²) in [6.45, 7) is 4.21. The van der Waals surface area contributed by atoms with Gasteiger partial charge in [-0.25, -0.2) is 9.97 Å². The molecule has 6 heteroatoms. The number of nitrogens with zero attached hydrogens (tertiary/aromatic N) is 4. The van der Waals surface area contributed by atoms with Crippen molar-refractivity contribution < 1.29 is 0 Å². The molecule has 0 bridgehead atoms. The van der Waals surface area contributed by atoms with Crippen LogP contribution in [0.15, 0.2) is 17.3 Å².